The molecule has 4 heteroatoms. The molecule has 0 aromatic heterocycles. The van der Waals surface area contributed by atoms with Crippen molar-refractivity contribution in [2.45, 2.75) is 58.3 Å². The number of rotatable bonds is 9. The second-order valence-corrected chi connectivity index (χ2v) is 8.19. The molecular formula is C18H27NOS2. The number of benzene rings is 1. The summed E-state index contributed by atoms with van der Waals surface area (Å²) in [5.41, 5.74) is 2.02. The third-order valence-electron chi connectivity index (χ3n) is 3.85. The summed E-state index contributed by atoms with van der Waals surface area (Å²) in [6.07, 6.45) is 10.4. The molecular weight excluding hydrogens is 310 g/mol. The first kappa shape index (κ1) is 17.7. The van der Waals surface area contributed by atoms with E-state index in [1.54, 1.807) is 29.6 Å². The van der Waals surface area contributed by atoms with Gasteiger partial charge in [0.1, 0.15) is 15.8 Å². The van der Waals surface area contributed by atoms with Gasteiger partial charge in [0.05, 0.1) is 0 Å². The van der Waals surface area contributed by atoms with Crippen molar-refractivity contribution in [1.29, 1.82) is 0 Å². The van der Waals surface area contributed by atoms with Gasteiger partial charge < -0.3 is 5.11 Å². The number of hydrogen-bond acceptors (Lipinski definition) is 4. The summed E-state index contributed by atoms with van der Waals surface area (Å²) < 4.78 is 1.09. The molecule has 0 radical (unpaired) electrons. The van der Waals surface area contributed by atoms with Crippen LogP contribution in [-0.2, 0) is 6.42 Å². The fraction of sp³-hybridized carbons (Fsp3) is 0.611. The highest BCUT2D eigenvalue weighted by Gasteiger charge is 2.11. The van der Waals surface area contributed by atoms with E-state index in [-0.39, 0.29) is 0 Å². The van der Waals surface area contributed by atoms with Crippen LogP contribution in [0.2, 0.25) is 0 Å². The molecule has 0 spiro atoms. The van der Waals surface area contributed by atoms with Crippen LogP contribution >= 0.6 is 23.5 Å². The standard InChI is InChI=1S/C18H27NOS2/c1-2-3-4-5-6-7-8-9-15-10-11-17(20)16(14-15)19-18-21-12-13-22-18/h10-11,14,20H,2-9,12-13H2,1H3. The minimum Gasteiger partial charge on any atom is -0.506 e. The van der Waals surface area contributed by atoms with Gasteiger partial charge in [0.15, 0.2) is 0 Å². The summed E-state index contributed by atoms with van der Waals surface area (Å²) in [6.45, 7) is 2.26. The minimum atomic E-state index is 0.295. The number of aliphatic imine (C=N–C) groups is 1. The maximum atomic E-state index is 9.96. The Labute approximate surface area is 143 Å². The number of phenolic OH excluding ortho intramolecular Hbond substituents is 1. The second-order valence-electron chi connectivity index (χ2n) is 5.77. The van der Waals surface area contributed by atoms with E-state index in [0.29, 0.717) is 5.75 Å². The number of aromatic hydroxyl groups is 1. The zero-order valence-corrected chi connectivity index (χ0v) is 15.1. The van der Waals surface area contributed by atoms with Crippen LogP contribution in [0.15, 0.2) is 23.2 Å². The average molecular weight is 338 g/mol. The van der Waals surface area contributed by atoms with Crippen molar-refractivity contribution < 1.29 is 5.11 Å². The highest BCUT2D eigenvalue weighted by Crippen LogP contribution is 2.34. The maximum absolute atomic E-state index is 9.96. The lowest BCUT2D eigenvalue weighted by molar-refractivity contribution is 0.476. The predicted molar refractivity (Wildman–Crippen MR) is 102 cm³/mol. The van der Waals surface area contributed by atoms with Crippen LogP contribution < -0.4 is 0 Å². The van der Waals surface area contributed by atoms with E-state index in [4.69, 9.17) is 0 Å². The SMILES string of the molecule is CCCCCCCCCc1ccc(O)c(N=C2SCCS2)c1. The van der Waals surface area contributed by atoms with Crippen molar-refractivity contribution >= 4 is 33.6 Å². The Hall–Kier alpha value is -0.610. The van der Waals surface area contributed by atoms with Gasteiger partial charge >= 0.3 is 0 Å². The van der Waals surface area contributed by atoms with Gasteiger partial charge in [0.2, 0.25) is 0 Å². The van der Waals surface area contributed by atoms with Crippen molar-refractivity contribution in [3.63, 3.8) is 0 Å². The lowest BCUT2D eigenvalue weighted by atomic mass is 10.0. The molecule has 1 heterocycles. The van der Waals surface area contributed by atoms with Gasteiger partial charge in [-0.2, -0.15) is 0 Å². The average Bonchev–Trinajstić information content (AvgIpc) is 3.02. The third kappa shape index (κ3) is 6.25. The molecule has 1 saturated heterocycles. The van der Waals surface area contributed by atoms with Crippen LogP contribution in [0.1, 0.15) is 57.4 Å². The van der Waals surface area contributed by atoms with Gasteiger partial charge in [0, 0.05) is 11.5 Å². The Bertz CT molecular complexity index is 480. The van der Waals surface area contributed by atoms with E-state index < -0.39 is 0 Å². The largest absolute Gasteiger partial charge is 0.506 e. The van der Waals surface area contributed by atoms with Crippen LogP contribution in [0, 0.1) is 0 Å². The smallest absolute Gasteiger partial charge is 0.141 e. The van der Waals surface area contributed by atoms with Crippen LogP contribution in [0.5, 0.6) is 5.75 Å². The molecule has 0 amide bonds. The lowest BCUT2D eigenvalue weighted by Crippen LogP contribution is -1.87. The highest BCUT2D eigenvalue weighted by molar-refractivity contribution is 8.41. The van der Waals surface area contributed by atoms with Crippen LogP contribution in [0.3, 0.4) is 0 Å². The molecule has 1 aliphatic heterocycles. The second kappa shape index (κ2) is 10.2. The molecule has 1 fully saturated rings. The fourth-order valence-electron chi connectivity index (χ4n) is 2.56. The van der Waals surface area contributed by atoms with E-state index in [1.807, 2.05) is 6.07 Å². The highest BCUT2D eigenvalue weighted by atomic mass is 32.2. The first-order valence-electron chi connectivity index (χ1n) is 8.46. The zero-order valence-electron chi connectivity index (χ0n) is 13.5. The van der Waals surface area contributed by atoms with Gasteiger partial charge in [-0.15, -0.1) is 0 Å². The molecule has 0 aliphatic carbocycles. The molecule has 1 aromatic rings. The molecule has 2 rings (SSSR count). The molecule has 1 N–H and O–H groups in total. The summed E-state index contributed by atoms with van der Waals surface area (Å²) in [4.78, 5) is 4.59. The van der Waals surface area contributed by atoms with E-state index >= 15 is 0 Å². The van der Waals surface area contributed by atoms with E-state index in [1.165, 1.54) is 50.5 Å². The van der Waals surface area contributed by atoms with E-state index in [0.717, 1.165) is 28.0 Å². The number of hydrogen-bond donors (Lipinski definition) is 1. The molecule has 2 nitrogen and oxygen atoms in total. The normalized spacial score (nSPS) is 14.5. The van der Waals surface area contributed by atoms with Crippen molar-refractivity contribution in [3.8, 4) is 5.75 Å². The monoisotopic (exact) mass is 337 g/mol. The quantitative estimate of drug-likeness (QED) is 0.548. The molecule has 0 atom stereocenters. The molecule has 122 valence electrons. The maximum Gasteiger partial charge on any atom is 0.141 e. The molecule has 1 aromatic carbocycles. The van der Waals surface area contributed by atoms with E-state index in [9.17, 15) is 5.11 Å². The Morgan fingerprint density at radius 3 is 2.41 bits per heavy atom. The summed E-state index contributed by atoms with van der Waals surface area (Å²) in [5.74, 6) is 2.55. The van der Waals surface area contributed by atoms with Crippen molar-refractivity contribution in [2.75, 3.05) is 11.5 Å². The molecule has 1 aliphatic rings. The number of aryl methyl sites for hydroxylation is 1. The van der Waals surface area contributed by atoms with Gasteiger partial charge in [-0.1, -0.05) is 75.0 Å². The van der Waals surface area contributed by atoms with Gasteiger partial charge in [-0.3, -0.25) is 0 Å². The van der Waals surface area contributed by atoms with Crippen LogP contribution in [-0.4, -0.2) is 21.0 Å². The van der Waals surface area contributed by atoms with Crippen molar-refractivity contribution in [2.24, 2.45) is 4.99 Å². The van der Waals surface area contributed by atoms with E-state index in [2.05, 4.69) is 18.0 Å². The van der Waals surface area contributed by atoms with Crippen LogP contribution in [0.4, 0.5) is 5.69 Å². The zero-order chi connectivity index (χ0) is 15.6. The van der Waals surface area contributed by atoms with Crippen molar-refractivity contribution in [1.82, 2.24) is 0 Å². The molecule has 0 bridgehead atoms. The lowest BCUT2D eigenvalue weighted by Gasteiger charge is -2.06. The Kier molecular flexibility index (Phi) is 8.24. The molecule has 22 heavy (non-hydrogen) atoms. The minimum absolute atomic E-state index is 0.295. The summed E-state index contributed by atoms with van der Waals surface area (Å²) in [7, 11) is 0. The predicted octanol–water partition coefficient (Wildman–Crippen LogP) is 6.15. The van der Waals surface area contributed by atoms with Gasteiger partial charge in [-0.25, -0.2) is 4.99 Å². The Morgan fingerprint density at radius 2 is 1.68 bits per heavy atom. The fourth-order valence-corrected chi connectivity index (χ4v) is 4.74. The Balaban J connectivity index is 1.78. The number of unbranched alkanes of at least 4 members (excludes halogenated alkanes) is 6. The topological polar surface area (TPSA) is 32.6 Å². The molecule has 0 saturated carbocycles. The first-order chi connectivity index (χ1) is 10.8. The van der Waals surface area contributed by atoms with Gasteiger partial charge in [-0.05, 0) is 30.5 Å². The number of thioether (sulfide) groups is 2. The van der Waals surface area contributed by atoms with Crippen molar-refractivity contribution in [3.05, 3.63) is 23.8 Å². The van der Waals surface area contributed by atoms with Crippen LogP contribution in [0.25, 0.3) is 0 Å². The first-order valence-corrected chi connectivity index (χ1v) is 10.4. The Morgan fingerprint density at radius 1 is 1.00 bits per heavy atom. The molecule has 0 unspecified atom stereocenters. The number of phenols is 1. The summed E-state index contributed by atoms with van der Waals surface area (Å²) >= 11 is 3.57. The third-order valence-corrected chi connectivity index (χ3v) is 6.31. The number of nitrogens with zero attached hydrogens (tertiary/aromatic N) is 1. The summed E-state index contributed by atoms with van der Waals surface area (Å²) in [5, 5.41) is 9.96. The summed E-state index contributed by atoms with van der Waals surface area (Å²) in [6, 6.07) is 5.88. The van der Waals surface area contributed by atoms with Gasteiger partial charge in [0.25, 0.3) is 0 Å².